The zero-order valence-corrected chi connectivity index (χ0v) is 13.5. The lowest BCUT2D eigenvalue weighted by Crippen LogP contribution is -2.32. The summed E-state index contributed by atoms with van der Waals surface area (Å²) in [4.78, 5) is 13.2. The fraction of sp³-hybridized carbons (Fsp3) is 0.353. The molecule has 118 valence electrons. The molecule has 2 aromatic rings. The summed E-state index contributed by atoms with van der Waals surface area (Å²) in [6.07, 6.45) is 0.241. The van der Waals surface area contributed by atoms with Crippen molar-refractivity contribution in [3.05, 3.63) is 52.5 Å². The lowest BCUT2D eigenvalue weighted by molar-refractivity contribution is -0.122. The summed E-state index contributed by atoms with van der Waals surface area (Å²) in [5.74, 6) is 0.334. The molecule has 0 saturated carbocycles. The van der Waals surface area contributed by atoms with Crippen LogP contribution in [0.3, 0.4) is 0 Å². The van der Waals surface area contributed by atoms with Crippen LogP contribution in [-0.4, -0.2) is 12.5 Å². The lowest BCUT2D eigenvalue weighted by Gasteiger charge is -2.21. The highest BCUT2D eigenvalue weighted by Crippen LogP contribution is 2.25. The first-order valence-corrected chi connectivity index (χ1v) is 8.15. The van der Waals surface area contributed by atoms with Gasteiger partial charge in [-0.1, -0.05) is 26.0 Å². The van der Waals surface area contributed by atoms with E-state index in [9.17, 15) is 9.18 Å². The molecule has 0 aliphatic rings. The van der Waals surface area contributed by atoms with E-state index >= 15 is 0 Å². The standard InChI is InChI=1S/C17H20FNO2S/c1-12(2)17(15-7-4-10-22-15)19-16(20)8-9-21-14-6-3-5-13(18)11-14/h3-7,10-12,17H,8-9H2,1-2H3,(H,19,20)/t17-/m1/s1. The Hall–Kier alpha value is -1.88. The van der Waals surface area contributed by atoms with Gasteiger partial charge in [0, 0.05) is 10.9 Å². The van der Waals surface area contributed by atoms with Crippen molar-refractivity contribution in [1.82, 2.24) is 5.32 Å². The molecule has 0 unspecified atom stereocenters. The largest absolute Gasteiger partial charge is 0.493 e. The zero-order chi connectivity index (χ0) is 15.9. The van der Waals surface area contributed by atoms with Crippen molar-refractivity contribution in [2.45, 2.75) is 26.3 Å². The van der Waals surface area contributed by atoms with Gasteiger partial charge in [0.15, 0.2) is 0 Å². The monoisotopic (exact) mass is 321 g/mol. The van der Waals surface area contributed by atoms with Crippen LogP contribution in [0, 0.1) is 11.7 Å². The van der Waals surface area contributed by atoms with E-state index in [1.807, 2.05) is 17.5 Å². The van der Waals surface area contributed by atoms with Gasteiger partial charge in [-0.05, 0) is 29.5 Å². The van der Waals surface area contributed by atoms with E-state index in [4.69, 9.17) is 4.74 Å². The third-order valence-corrected chi connectivity index (χ3v) is 4.18. The van der Waals surface area contributed by atoms with Crippen LogP contribution >= 0.6 is 11.3 Å². The molecule has 2 rings (SSSR count). The Morgan fingerprint density at radius 3 is 2.77 bits per heavy atom. The molecule has 5 heteroatoms. The summed E-state index contributed by atoms with van der Waals surface area (Å²) >= 11 is 1.64. The van der Waals surface area contributed by atoms with Crippen LogP contribution in [0.15, 0.2) is 41.8 Å². The molecule has 0 fully saturated rings. The number of carbonyl (C=O) groups is 1. The predicted molar refractivity (Wildman–Crippen MR) is 86.6 cm³/mol. The van der Waals surface area contributed by atoms with Gasteiger partial charge in [-0.3, -0.25) is 4.79 Å². The number of ether oxygens (including phenoxy) is 1. The topological polar surface area (TPSA) is 38.3 Å². The highest BCUT2D eigenvalue weighted by molar-refractivity contribution is 7.10. The maximum Gasteiger partial charge on any atom is 0.223 e. The third kappa shape index (κ3) is 4.84. The first-order valence-electron chi connectivity index (χ1n) is 7.27. The Morgan fingerprint density at radius 1 is 1.32 bits per heavy atom. The molecule has 1 atom stereocenters. The van der Waals surface area contributed by atoms with Crippen LogP contribution < -0.4 is 10.1 Å². The molecule has 1 heterocycles. The average Bonchev–Trinajstić information content (AvgIpc) is 2.98. The summed E-state index contributed by atoms with van der Waals surface area (Å²) in [6, 6.07) is 9.93. The molecule has 1 aromatic carbocycles. The number of carbonyl (C=O) groups excluding carboxylic acids is 1. The van der Waals surface area contributed by atoms with Gasteiger partial charge in [0.2, 0.25) is 5.91 Å². The second-order valence-corrected chi connectivity index (χ2v) is 6.34. The van der Waals surface area contributed by atoms with Crippen LogP contribution in [0.5, 0.6) is 5.75 Å². The number of hydrogen-bond donors (Lipinski definition) is 1. The van der Waals surface area contributed by atoms with E-state index in [0.29, 0.717) is 11.7 Å². The highest BCUT2D eigenvalue weighted by Gasteiger charge is 2.19. The van der Waals surface area contributed by atoms with Gasteiger partial charge in [0.1, 0.15) is 11.6 Å². The minimum Gasteiger partial charge on any atom is -0.493 e. The molecule has 1 aromatic heterocycles. The molecular formula is C17H20FNO2S. The van der Waals surface area contributed by atoms with Crippen LogP contribution in [0.25, 0.3) is 0 Å². The number of thiophene rings is 1. The van der Waals surface area contributed by atoms with E-state index in [0.717, 1.165) is 4.88 Å². The van der Waals surface area contributed by atoms with Gasteiger partial charge in [0.25, 0.3) is 0 Å². The Bertz CT molecular complexity index is 598. The van der Waals surface area contributed by atoms with Gasteiger partial charge in [-0.25, -0.2) is 4.39 Å². The van der Waals surface area contributed by atoms with Gasteiger partial charge >= 0.3 is 0 Å². The number of benzene rings is 1. The summed E-state index contributed by atoms with van der Waals surface area (Å²) in [5.41, 5.74) is 0. The second kappa shape index (κ2) is 7.94. The summed E-state index contributed by atoms with van der Waals surface area (Å²) in [5, 5.41) is 5.04. The Balaban J connectivity index is 1.82. The molecule has 0 bridgehead atoms. The van der Waals surface area contributed by atoms with E-state index < -0.39 is 0 Å². The van der Waals surface area contributed by atoms with E-state index in [1.165, 1.54) is 12.1 Å². The quantitative estimate of drug-likeness (QED) is 0.831. The van der Waals surface area contributed by atoms with Crippen LogP contribution in [0.4, 0.5) is 4.39 Å². The Labute approximate surface area is 134 Å². The van der Waals surface area contributed by atoms with E-state index in [2.05, 4.69) is 19.2 Å². The molecule has 0 spiro atoms. The maximum absolute atomic E-state index is 13.0. The SMILES string of the molecule is CC(C)[C@@H](NC(=O)CCOc1cccc(F)c1)c1cccs1. The van der Waals surface area contributed by atoms with E-state index in [-0.39, 0.29) is 30.8 Å². The highest BCUT2D eigenvalue weighted by atomic mass is 32.1. The van der Waals surface area contributed by atoms with Gasteiger partial charge < -0.3 is 10.1 Å². The number of nitrogens with one attached hydrogen (secondary N) is 1. The summed E-state index contributed by atoms with van der Waals surface area (Å²) < 4.78 is 18.4. The third-order valence-electron chi connectivity index (χ3n) is 3.23. The molecule has 0 radical (unpaired) electrons. The van der Waals surface area contributed by atoms with E-state index in [1.54, 1.807) is 23.5 Å². The maximum atomic E-state index is 13.0. The van der Waals surface area contributed by atoms with Crippen LogP contribution in [0.1, 0.15) is 31.2 Å². The fourth-order valence-electron chi connectivity index (χ4n) is 2.10. The van der Waals surface area contributed by atoms with Gasteiger partial charge in [0.05, 0.1) is 19.1 Å². The molecule has 22 heavy (non-hydrogen) atoms. The molecule has 1 N–H and O–H groups in total. The lowest BCUT2D eigenvalue weighted by atomic mass is 10.0. The number of rotatable bonds is 7. The Morgan fingerprint density at radius 2 is 2.14 bits per heavy atom. The van der Waals surface area contributed by atoms with Gasteiger partial charge in [-0.2, -0.15) is 0 Å². The van der Waals surface area contributed by atoms with Crippen LogP contribution in [0.2, 0.25) is 0 Å². The van der Waals surface area contributed by atoms with Crippen LogP contribution in [-0.2, 0) is 4.79 Å². The van der Waals surface area contributed by atoms with Crippen molar-refractivity contribution in [3.63, 3.8) is 0 Å². The summed E-state index contributed by atoms with van der Waals surface area (Å²) in [7, 11) is 0. The minimum atomic E-state index is -0.348. The van der Waals surface area contributed by atoms with Gasteiger partial charge in [-0.15, -0.1) is 11.3 Å². The van der Waals surface area contributed by atoms with Crippen molar-refractivity contribution < 1.29 is 13.9 Å². The zero-order valence-electron chi connectivity index (χ0n) is 12.7. The van der Waals surface area contributed by atoms with Crippen molar-refractivity contribution in [2.24, 2.45) is 5.92 Å². The van der Waals surface area contributed by atoms with Crippen molar-refractivity contribution >= 4 is 17.2 Å². The molecule has 0 saturated heterocycles. The first kappa shape index (κ1) is 16.5. The first-order chi connectivity index (χ1) is 10.6. The molecular weight excluding hydrogens is 301 g/mol. The molecule has 0 aliphatic heterocycles. The Kier molecular flexibility index (Phi) is 5.95. The molecule has 3 nitrogen and oxygen atoms in total. The minimum absolute atomic E-state index is 0.0154. The second-order valence-electron chi connectivity index (χ2n) is 5.36. The number of halogens is 1. The normalized spacial score (nSPS) is 12.2. The molecule has 1 amide bonds. The number of amides is 1. The summed E-state index contributed by atoms with van der Waals surface area (Å²) in [6.45, 7) is 4.38. The molecule has 0 aliphatic carbocycles. The van der Waals surface area contributed by atoms with Crippen molar-refractivity contribution in [3.8, 4) is 5.75 Å². The fourth-order valence-corrected chi connectivity index (χ4v) is 3.05. The number of hydrogen-bond acceptors (Lipinski definition) is 3. The smallest absolute Gasteiger partial charge is 0.223 e. The average molecular weight is 321 g/mol. The van der Waals surface area contributed by atoms with Crippen molar-refractivity contribution in [1.29, 1.82) is 0 Å². The predicted octanol–water partition coefficient (Wildman–Crippen LogP) is 4.17. The van der Waals surface area contributed by atoms with Crippen molar-refractivity contribution in [2.75, 3.05) is 6.61 Å².